The van der Waals surface area contributed by atoms with Gasteiger partial charge in [0.15, 0.2) is 0 Å². The summed E-state index contributed by atoms with van der Waals surface area (Å²) in [4.78, 5) is 4.67. The molecule has 3 nitrogen and oxygen atoms in total. The van der Waals surface area contributed by atoms with Crippen LogP contribution in [0.5, 0.6) is 0 Å². The van der Waals surface area contributed by atoms with Gasteiger partial charge in [-0.25, -0.2) is 0 Å². The molecule has 3 fully saturated rings. The lowest BCUT2D eigenvalue weighted by atomic mass is 9.86. The first kappa shape index (κ1) is 12.5. The summed E-state index contributed by atoms with van der Waals surface area (Å²) in [5.74, 6) is 3.83. The highest BCUT2D eigenvalue weighted by Crippen LogP contribution is 2.53. The molecule has 0 aliphatic heterocycles. The molecule has 0 amide bonds. The molecule has 102 valence electrons. The monoisotopic (exact) mass is 249 g/mol. The lowest BCUT2D eigenvalue weighted by Gasteiger charge is -2.27. The van der Waals surface area contributed by atoms with Crippen molar-refractivity contribution in [3.63, 3.8) is 0 Å². The van der Waals surface area contributed by atoms with Gasteiger partial charge in [-0.1, -0.05) is 32.1 Å². The Balaban J connectivity index is 1.59. The summed E-state index contributed by atoms with van der Waals surface area (Å²) in [6.45, 7) is 0. The summed E-state index contributed by atoms with van der Waals surface area (Å²) in [5, 5.41) is 0. The van der Waals surface area contributed by atoms with E-state index in [4.69, 9.17) is 11.5 Å². The summed E-state index contributed by atoms with van der Waals surface area (Å²) in [6.07, 6.45) is 11.8. The molecule has 0 heterocycles. The van der Waals surface area contributed by atoms with Crippen molar-refractivity contribution in [3.8, 4) is 0 Å². The van der Waals surface area contributed by atoms with Crippen molar-refractivity contribution in [2.75, 3.05) is 0 Å². The largest absolute Gasteiger partial charge is 0.387 e. The standard InChI is InChI=1S/C15H27N3/c16-14(10-5-2-1-3-6-10)18-15(17)12-8-4-7-11-9-13(11)12/h10-13,15H,1-9,17H2,(H2,16,18). The second-order valence-corrected chi connectivity index (χ2v) is 6.63. The Kier molecular flexibility index (Phi) is 3.60. The normalized spacial score (nSPS) is 39.2. The lowest BCUT2D eigenvalue weighted by Crippen LogP contribution is -2.36. The molecule has 0 bridgehead atoms. The van der Waals surface area contributed by atoms with Crippen LogP contribution in [0, 0.1) is 23.7 Å². The van der Waals surface area contributed by atoms with E-state index in [0.29, 0.717) is 11.8 Å². The maximum atomic E-state index is 6.31. The second-order valence-electron chi connectivity index (χ2n) is 6.63. The third kappa shape index (κ3) is 2.56. The molecule has 0 aromatic rings. The van der Waals surface area contributed by atoms with Crippen molar-refractivity contribution in [1.29, 1.82) is 0 Å². The van der Waals surface area contributed by atoms with Crippen LogP contribution in [0.2, 0.25) is 0 Å². The zero-order chi connectivity index (χ0) is 12.5. The number of nitrogens with zero attached hydrogens (tertiary/aromatic N) is 1. The smallest absolute Gasteiger partial charge is 0.102 e. The van der Waals surface area contributed by atoms with Gasteiger partial charge in [-0.2, -0.15) is 0 Å². The van der Waals surface area contributed by atoms with E-state index >= 15 is 0 Å². The highest BCUT2D eigenvalue weighted by atomic mass is 15.0. The Morgan fingerprint density at radius 1 is 1.00 bits per heavy atom. The zero-order valence-corrected chi connectivity index (χ0v) is 11.4. The summed E-state index contributed by atoms with van der Waals surface area (Å²) >= 11 is 0. The molecular weight excluding hydrogens is 222 g/mol. The highest BCUT2D eigenvalue weighted by molar-refractivity contribution is 5.83. The third-order valence-electron chi connectivity index (χ3n) is 5.40. The fraction of sp³-hybridized carbons (Fsp3) is 0.933. The van der Waals surface area contributed by atoms with E-state index in [2.05, 4.69) is 4.99 Å². The van der Waals surface area contributed by atoms with Crippen LogP contribution >= 0.6 is 0 Å². The van der Waals surface area contributed by atoms with Crippen LogP contribution < -0.4 is 11.5 Å². The van der Waals surface area contributed by atoms with E-state index in [9.17, 15) is 0 Å². The minimum absolute atomic E-state index is 0.0257. The molecule has 4 unspecified atom stereocenters. The molecule has 3 heteroatoms. The van der Waals surface area contributed by atoms with E-state index in [1.807, 2.05) is 0 Å². The topological polar surface area (TPSA) is 64.4 Å². The fourth-order valence-electron chi connectivity index (χ4n) is 4.15. The summed E-state index contributed by atoms with van der Waals surface area (Å²) < 4.78 is 0. The first-order valence-electron chi connectivity index (χ1n) is 7.84. The number of rotatable bonds is 3. The minimum atomic E-state index is -0.0257. The van der Waals surface area contributed by atoms with Crippen LogP contribution in [0.15, 0.2) is 4.99 Å². The number of fused-ring (bicyclic) bond motifs is 1. The summed E-state index contributed by atoms with van der Waals surface area (Å²) in [5.41, 5.74) is 12.5. The molecule has 0 radical (unpaired) electrons. The van der Waals surface area contributed by atoms with E-state index in [-0.39, 0.29) is 6.17 Å². The fourth-order valence-corrected chi connectivity index (χ4v) is 4.15. The third-order valence-corrected chi connectivity index (χ3v) is 5.40. The minimum Gasteiger partial charge on any atom is -0.387 e. The molecule has 3 saturated carbocycles. The molecule has 4 N–H and O–H groups in total. The molecule has 0 aromatic heterocycles. The Morgan fingerprint density at radius 3 is 2.56 bits per heavy atom. The first-order valence-corrected chi connectivity index (χ1v) is 7.84. The molecule has 0 aromatic carbocycles. The van der Waals surface area contributed by atoms with Gasteiger partial charge in [0.25, 0.3) is 0 Å². The van der Waals surface area contributed by atoms with Gasteiger partial charge in [-0.15, -0.1) is 0 Å². The van der Waals surface area contributed by atoms with E-state index in [1.165, 1.54) is 57.8 Å². The van der Waals surface area contributed by atoms with Crippen LogP contribution in [0.25, 0.3) is 0 Å². The molecule has 0 spiro atoms. The second kappa shape index (κ2) is 5.20. The molecule has 3 aliphatic rings. The Labute approximate surface area is 110 Å². The SMILES string of the molecule is NC(=NC(N)C1CCCC2CC21)C1CCCCC1. The van der Waals surface area contributed by atoms with Gasteiger partial charge in [-0.3, -0.25) is 4.99 Å². The maximum Gasteiger partial charge on any atom is 0.102 e. The van der Waals surface area contributed by atoms with Gasteiger partial charge in [0.2, 0.25) is 0 Å². The van der Waals surface area contributed by atoms with Crippen LogP contribution in [0.1, 0.15) is 57.8 Å². The van der Waals surface area contributed by atoms with E-state index < -0.39 is 0 Å². The molecule has 3 rings (SSSR count). The van der Waals surface area contributed by atoms with Crippen LogP contribution in [-0.4, -0.2) is 12.0 Å². The van der Waals surface area contributed by atoms with Crippen molar-refractivity contribution in [1.82, 2.24) is 0 Å². The Bertz CT molecular complexity index is 320. The van der Waals surface area contributed by atoms with Gasteiger partial charge in [0.05, 0.1) is 5.84 Å². The Morgan fingerprint density at radius 2 is 1.78 bits per heavy atom. The number of hydrogen-bond acceptors (Lipinski definition) is 2. The van der Waals surface area contributed by atoms with Gasteiger partial charge in [0, 0.05) is 5.92 Å². The number of nitrogens with two attached hydrogens (primary N) is 2. The van der Waals surface area contributed by atoms with Gasteiger partial charge >= 0.3 is 0 Å². The quantitative estimate of drug-likeness (QED) is 0.596. The molecule has 4 atom stereocenters. The number of amidine groups is 1. The predicted molar refractivity (Wildman–Crippen MR) is 75.1 cm³/mol. The van der Waals surface area contributed by atoms with E-state index in [0.717, 1.165) is 17.7 Å². The van der Waals surface area contributed by atoms with Crippen LogP contribution in [0.4, 0.5) is 0 Å². The average molecular weight is 249 g/mol. The van der Waals surface area contributed by atoms with Crippen molar-refractivity contribution in [2.24, 2.45) is 40.1 Å². The van der Waals surface area contributed by atoms with E-state index in [1.54, 1.807) is 0 Å². The zero-order valence-electron chi connectivity index (χ0n) is 11.4. The highest BCUT2D eigenvalue weighted by Gasteiger charge is 2.47. The lowest BCUT2D eigenvalue weighted by molar-refractivity contribution is 0.288. The van der Waals surface area contributed by atoms with Gasteiger partial charge < -0.3 is 11.5 Å². The predicted octanol–water partition coefficient (Wildman–Crippen LogP) is 2.64. The Hall–Kier alpha value is -0.570. The molecular formula is C15H27N3. The molecule has 18 heavy (non-hydrogen) atoms. The van der Waals surface area contributed by atoms with Gasteiger partial charge in [-0.05, 0) is 43.4 Å². The van der Waals surface area contributed by atoms with Crippen LogP contribution in [-0.2, 0) is 0 Å². The first-order chi connectivity index (χ1) is 8.75. The maximum absolute atomic E-state index is 6.31. The molecule has 3 aliphatic carbocycles. The average Bonchev–Trinajstić information content (AvgIpc) is 3.18. The van der Waals surface area contributed by atoms with Crippen molar-refractivity contribution in [2.45, 2.75) is 64.0 Å². The van der Waals surface area contributed by atoms with Crippen molar-refractivity contribution >= 4 is 5.84 Å². The van der Waals surface area contributed by atoms with Crippen molar-refractivity contribution in [3.05, 3.63) is 0 Å². The van der Waals surface area contributed by atoms with Gasteiger partial charge in [0.1, 0.15) is 6.17 Å². The number of aliphatic imine (C=N–C) groups is 1. The van der Waals surface area contributed by atoms with Crippen molar-refractivity contribution < 1.29 is 0 Å². The summed E-state index contributed by atoms with van der Waals surface area (Å²) in [7, 11) is 0. The molecule has 0 saturated heterocycles. The number of hydrogen-bond donors (Lipinski definition) is 2. The van der Waals surface area contributed by atoms with Crippen LogP contribution in [0.3, 0.4) is 0 Å². The summed E-state index contributed by atoms with van der Waals surface area (Å²) in [6, 6.07) is 0.